The molecule has 0 saturated carbocycles. The van der Waals surface area contributed by atoms with Gasteiger partial charge in [-0.15, -0.1) is 0 Å². The van der Waals surface area contributed by atoms with Crippen molar-refractivity contribution in [2.45, 2.75) is 32.7 Å². The fourth-order valence-corrected chi connectivity index (χ4v) is 1.73. The first-order chi connectivity index (χ1) is 7.99. The first-order valence-corrected chi connectivity index (χ1v) is 5.80. The number of carbonyl (C=O) groups excluding carboxylic acids is 1. The number of amides is 1. The average Bonchev–Trinajstić information content (AvgIpc) is 2.31. The van der Waals surface area contributed by atoms with Gasteiger partial charge < -0.3 is 10.6 Å². The number of hydrogen-bond acceptors (Lipinski definition) is 2. The lowest BCUT2D eigenvalue weighted by Crippen LogP contribution is -2.35. The molecule has 0 heterocycles. The second-order valence-corrected chi connectivity index (χ2v) is 4.25. The van der Waals surface area contributed by atoms with E-state index in [0.717, 1.165) is 12.8 Å². The highest BCUT2D eigenvalue weighted by Crippen LogP contribution is 2.19. The summed E-state index contributed by atoms with van der Waals surface area (Å²) in [6.45, 7) is 4.03. The number of nitrogens with two attached hydrogens (primary N) is 1. The number of nitrogen functional groups attached to an aromatic ring is 1. The molecule has 3 nitrogen and oxygen atoms in total. The van der Waals surface area contributed by atoms with Crippen LogP contribution in [0.3, 0.4) is 0 Å². The second-order valence-electron chi connectivity index (χ2n) is 4.25. The van der Waals surface area contributed by atoms with Gasteiger partial charge in [-0.25, -0.2) is 4.39 Å². The Balaban J connectivity index is 2.93. The SMILES string of the molecule is CCCC(C)N(C)C(=O)c1cccc(F)c1N. The van der Waals surface area contributed by atoms with E-state index in [2.05, 4.69) is 6.92 Å². The van der Waals surface area contributed by atoms with Crippen LogP contribution in [0.15, 0.2) is 18.2 Å². The lowest BCUT2D eigenvalue weighted by Gasteiger charge is -2.25. The van der Waals surface area contributed by atoms with E-state index < -0.39 is 5.82 Å². The molecule has 1 rings (SSSR count). The molecule has 1 amide bonds. The standard InChI is InChI=1S/C13H19FN2O/c1-4-6-9(2)16(3)13(17)10-7-5-8-11(14)12(10)15/h5,7-9H,4,6,15H2,1-3H3. The van der Waals surface area contributed by atoms with Crippen molar-refractivity contribution in [3.8, 4) is 0 Å². The highest BCUT2D eigenvalue weighted by Gasteiger charge is 2.20. The third kappa shape index (κ3) is 2.96. The van der Waals surface area contributed by atoms with Gasteiger partial charge in [-0.1, -0.05) is 19.4 Å². The van der Waals surface area contributed by atoms with Crippen LogP contribution in [0.5, 0.6) is 0 Å². The molecule has 0 aromatic heterocycles. The van der Waals surface area contributed by atoms with Crippen LogP contribution in [0.1, 0.15) is 37.0 Å². The van der Waals surface area contributed by atoms with Crippen molar-refractivity contribution in [3.63, 3.8) is 0 Å². The molecule has 0 saturated heterocycles. The van der Waals surface area contributed by atoms with Gasteiger partial charge in [-0.2, -0.15) is 0 Å². The second kappa shape index (κ2) is 5.66. The predicted octanol–water partition coefficient (Wildman–Crippen LogP) is 2.67. The molecule has 0 bridgehead atoms. The number of halogens is 1. The van der Waals surface area contributed by atoms with E-state index >= 15 is 0 Å². The molecule has 1 unspecified atom stereocenters. The first-order valence-electron chi connectivity index (χ1n) is 5.80. The van der Waals surface area contributed by atoms with Gasteiger partial charge in [0.05, 0.1) is 11.3 Å². The first kappa shape index (κ1) is 13.5. The van der Waals surface area contributed by atoms with E-state index in [-0.39, 0.29) is 23.2 Å². The Hall–Kier alpha value is -1.58. The maximum Gasteiger partial charge on any atom is 0.256 e. The van der Waals surface area contributed by atoms with Gasteiger partial charge >= 0.3 is 0 Å². The summed E-state index contributed by atoms with van der Waals surface area (Å²) in [7, 11) is 1.72. The molecular weight excluding hydrogens is 219 g/mol. The highest BCUT2D eigenvalue weighted by atomic mass is 19.1. The van der Waals surface area contributed by atoms with Gasteiger partial charge in [0.25, 0.3) is 5.91 Å². The van der Waals surface area contributed by atoms with E-state index in [9.17, 15) is 9.18 Å². The van der Waals surface area contributed by atoms with Gasteiger partial charge in [-0.05, 0) is 25.5 Å². The van der Waals surface area contributed by atoms with E-state index in [1.54, 1.807) is 18.0 Å². The molecule has 0 fully saturated rings. The topological polar surface area (TPSA) is 46.3 Å². The summed E-state index contributed by atoms with van der Waals surface area (Å²) in [4.78, 5) is 13.7. The zero-order valence-electron chi connectivity index (χ0n) is 10.5. The molecule has 94 valence electrons. The Bertz CT molecular complexity index is 406. The largest absolute Gasteiger partial charge is 0.396 e. The number of para-hydroxylation sites is 1. The fraction of sp³-hybridized carbons (Fsp3) is 0.462. The zero-order chi connectivity index (χ0) is 13.0. The summed E-state index contributed by atoms with van der Waals surface area (Å²) in [5, 5.41) is 0. The van der Waals surface area contributed by atoms with E-state index in [1.807, 2.05) is 6.92 Å². The summed E-state index contributed by atoms with van der Waals surface area (Å²) >= 11 is 0. The lowest BCUT2D eigenvalue weighted by molar-refractivity contribution is 0.0737. The molecule has 0 aliphatic carbocycles. The summed E-state index contributed by atoms with van der Waals surface area (Å²) in [5.74, 6) is -0.782. The van der Waals surface area contributed by atoms with Crippen LogP contribution in [0.25, 0.3) is 0 Å². The third-order valence-electron chi connectivity index (χ3n) is 2.97. The van der Waals surface area contributed by atoms with Crippen LogP contribution in [-0.4, -0.2) is 23.9 Å². The van der Waals surface area contributed by atoms with Crippen LogP contribution in [0, 0.1) is 5.82 Å². The van der Waals surface area contributed by atoms with Gasteiger partial charge in [0.2, 0.25) is 0 Å². The Labute approximate surface area is 101 Å². The fourth-order valence-electron chi connectivity index (χ4n) is 1.73. The van der Waals surface area contributed by atoms with Gasteiger partial charge in [0.1, 0.15) is 5.82 Å². The normalized spacial score (nSPS) is 12.2. The lowest BCUT2D eigenvalue weighted by atomic mass is 10.1. The molecule has 2 N–H and O–H groups in total. The number of rotatable bonds is 4. The number of anilines is 1. The van der Waals surface area contributed by atoms with Crippen LogP contribution < -0.4 is 5.73 Å². The third-order valence-corrected chi connectivity index (χ3v) is 2.97. The summed E-state index contributed by atoms with van der Waals surface area (Å²) in [5.41, 5.74) is 5.73. The summed E-state index contributed by atoms with van der Waals surface area (Å²) < 4.78 is 13.3. The van der Waals surface area contributed by atoms with E-state index in [1.165, 1.54) is 12.1 Å². The Kier molecular flexibility index (Phi) is 4.49. The van der Waals surface area contributed by atoms with Crippen molar-refractivity contribution in [2.75, 3.05) is 12.8 Å². The number of carbonyl (C=O) groups is 1. The van der Waals surface area contributed by atoms with Crippen molar-refractivity contribution >= 4 is 11.6 Å². The molecular formula is C13H19FN2O. The molecule has 1 aromatic carbocycles. The molecule has 4 heteroatoms. The molecule has 0 aliphatic heterocycles. The highest BCUT2D eigenvalue weighted by molar-refractivity contribution is 5.99. The molecule has 0 spiro atoms. The molecule has 17 heavy (non-hydrogen) atoms. The number of nitrogens with zero attached hydrogens (tertiary/aromatic N) is 1. The molecule has 1 aromatic rings. The van der Waals surface area contributed by atoms with Gasteiger partial charge in [0.15, 0.2) is 0 Å². The number of benzene rings is 1. The van der Waals surface area contributed by atoms with Crippen molar-refractivity contribution in [1.29, 1.82) is 0 Å². The summed E-state index contributed by atoms with van der Waals surface area (Å²) in [6, 6.07) is 4.42. The van der Waals surface area contributed by atoms with Crippen LogP contribution in [-0.2, 0) is 0 Å². The Morgan fingerprint density at radius 1 is 1.53 bits per heavy atom. The minimum atomic E-state index is -0.549. The average molecular weight is 238 g/mol. The van der Waals surface area contributed by atoms with E-state index in [4.69, 9.17) is 5.73 Å². The van der Waals surface area contributed by atoms with Gasteiger partial charge in [0, 0.05) is 13.1 Å². The Morgan fingerprint density at radius 2 is 2.18 bits per heavy atom. The minimum Gasteiger partial charge on any atom is -0.396 e. The van der Waals surface area contributed by atoms with Crippen molar-refractivity contribution < 1.29 is 9.18 Å². The smallest absolute Gasteiger partial charge is 0.256 e. The Morgan fingerprint density at radius 3 is 2.76 bits per heavy atom. The number of hydrogen-bond donors (Lipinski definition) is 1. The van der Waals surface area contributed by atoms with Crippen molar-refractivity contribution in [1.82, 2.24) is 4.90 Å². The maximum absolute atomic E-state index is 13.3. The monoisotopic (exact) mass is 238 g/mol. The molecule has 1 atom stereocenters. The predicted molar refractivity (Wildman–Crippen MR) is 67.3 cm³/mol. The van der Waals surface area contributed by atoms with E-state index in [0.29, 0.717) is 0 Å². The maximum atomic E-state index is 13.3. The van der Waals surface area contributed by atoms with Crippen molar-refractivity contribution in [3.05, 3.63) is 29.6 Å². The molecule has 0 aliphatic rings. The quantitative estimate of drug-likeness (QED) is 0.820. The molecule has 0 radical (unpaired) electrons. The van der Waals surface area contributed by atoms with Gasteiger partial charge in [-0.3, -0.25) is 4.79 Å². The minimum absolute atomic E-state index is 0.0759. The van der Waals surface area contributed by atoms with Crippen LogP contribution in [0.4, 0.5) is 10.1 Å². The van der Waals surface area contributed by atoms with Crippen LogP contribution in [0.2, 0.25) is 0 Å². The van der Waals surface area contributed by atoms with Crippen LogP contribution >= 0.6 is 0 Å². The summed E-state index contributed by atoms with van der Waals surface area (Å²) in [6.07, 6.45) is 1.91. The zero-order valence-corrected chi connectivity index (χ0v) is 10.5. The van der Waals surface area contributed by atoms with Crippen molar-refractivity contribution in [2.24, 2.45) is 0 Å².